The molecule has 1 rings (SSSR count). The molecule has 0 aliphatic carbocycles. The summed E-state index contributed by atoms with van der Waals surface area (Å²) in [5.41, 5.74) is 23.5. The molecule has 1 aromatic rings. The molecule has 71 heavy (non-hydrogen) atoms. The molecule has 23 nitrogen and oxygen atoms in total. The van der Waals surface area contributed by atoms with E-state index in [1.54, 1.807) is 38.1 Å². The third-order valence-corrected chi connectivity index (χ3v) is 11.0. The first-order valence-electron chi connectivity index (χ1n) is 24.5. The van der Waals surface area contributed by atoms with E-state index in [2.05, 4.69) is 47.5 Å². The first-order valence-corrected chi connectivity index (χ1v) is 24.5. The van der Waals surface area contributed by atoms with Gasteiger partial charge in [-0.3, -0.25) is 48.8 Å². The molecule has 0 unspecified atom stereocenters. The third kappa shape index (κ3) is 24.9. The molecule has 0 aliphatic rings. The van der Waals surface area contributed by atoms with Crippen molar-refractivity contribution in [2.75, 3.05) is 19.7 Å². The maximum absolute atomic E-state index is 14.1. The Hall–Kier alpha value is -6.36. The highest BCUT2D eigenvalue weighted by molar-refractivity contribution is 5.98. The lowest BCUT2D eigenvalue weighted by atomic mass is 9.98. The molecule has 8 amide bonds. The highest BCUT2D eigenvalue weighted by Gasteiger charge is 2.35. The predicted molar refractivity (Wildman–Crippen MR) is 272 cm³/mol. The minimum absolute atomic E-state index is 0.0394. The van der Waals surface area contributed by atoms with Crippen LogP contribution in [-0.2, 0) is 44.9 Å². The zero-order valence-corrected chi connectivity index (χ0v) is 43.1. The Morgan fingerprint density at radius 3 is 1.42 bits per heavy atom. The number of nitrogens with one attached hydrogen (secondary N) is 9. The van der Waals surface area contributed by atoms with E-state index < -0.39 is 102 Å². The van der Waals surface area contributed by atoms with Gasteiger partial charge in [-0.05, 0) is 87.1 Å². The maximum atomic E-state index is 14.1. The summed E-state index contributed by atoms with van der Waals surface area (Å²) in [6.07, 6.45) is 2.06. The lowest BCUT2D eigenvalue weighted by molar-refractivity contribution is -0.136. The van der Waals surface area contributed by atoms with Crippen LogP contribution in [0.1, 0.15) is 125 Å². The van der Waals surface area contributed by atoms with Crippen LogP contribution in [0, 0.1) is 29.1 Å². The second-order valence-electron chi connectivity index (χ2n) is 19.4. The first kappa shape index (κ1) is 62.7. The number of benzene rings is 1. The molecule has 0 aromatic heterocycles. The highest BCUT2D eigenvalue weighted by Crippen LogP contribution is 2.13. The number of aliphatic hydroxyl groups is 1. The molecule has 0 radical (unpaired) electrons. The van der Waals surface area contributed by atoms with E-state index in [9.17, 15) is 43.5 Å². The van der Waals surface area contributed by atoms with Crippen LogP contribution in [0.25, 0.3) is 0 Å². The van der Waals surface area contributed by atoms with E-state index in [-0.39, 0.29) is 74.7 Å². The molecule has 0 spiro atoms. The van der Waals surface area contributed by atoms with Gasteiger partial charge < -0.3 is 70.6 Å². The number of hydrogen-bond acceptors (Lipinski definition) is 12. The standard InChI is InChI=1S/C48H84N14O9/c1-26(2)21-35(56-30(9)64)43(67)59-36(22-27(3)4)44(68)60-37(23-28(5)6)45(69)61-38(25-63)46(70)57-34(14-12-20-54-48(52)53)42(66)62-39(29(7)8)47(71)58-33(13-10-11-19-49)41(65)55-24-31-15-17-32(18-16-31)40(50)51/h15-18,26-29,33-39,63H,10-14,19-25,49H2,1-9H3,(H3,50,51)(H,55,65)(H,56,64)(H,57,70)(H,58,71)(H,59,67)(H,60,68)(H,61,69)(H,62,66)(H4,52,53,54)/t33-,34-,35-,36-,37-,38-,39-/m0/s1. The quantitative estimate of drug-likeness (QED) is 0.0228. The first-order chi connectivity index (χ1) is 33.3. The number of amides is 8. The monoisotopic (exact) mass is 1000 g/mol. The van der Waals surface area contributed by atoms with Crippen LogP contribution in [0.2, 0.25) is 0 Å². The van der Waals surface area contributed by atoms with Crippen molar-refractivity contribution in [1.29, 1.82) is 5.41 Å². The van der Waals surface area contributed by atoms with Crippen molar-refractivity contribution in [1.82, 2.24) is 42.5 Å². The van der Waals surface area contributed by atoms with E-state index >= 15 is 0 Å². The molecule has 0 heterocycles. The van der Waals surface area contributed by atoms with Crippen molar-refractivity contribution in [3.05, 3.63) is 35.4 Å². The van der Waals surface area contributed by atoms with Gasteiger partial charge in [-0.15, -0.1) is 0 Å². The van der Waals surface area contributed by atoms with Crippen LogP contribution in [0.5, 0.6) is 0 Å². The molecule has 0 fully saturated rings. The lowest BCUT2D eigenvalue weighted by Crippen LogP contribution is -2.61. The predicted octanol–water partition coefficient (Wildman–Crippen LogP) is -1.03. The van der Waals surface area contributed by atoms with Crippen LogP contribution in [0.3, 0.4) is 0 Å². The largest absolute Gasteiger partial charge is 0.394 e. The number of rotatable bonds is 33. The van der Waals surface area contributed by atoms with Crippen molar-refractivity contribution in [3.8, 4) is 0 Å². The Balaban J connectivity index is 3.35. The lowest BCUT2D eigenvalue weighted by Gasteiger charge is -2.29. The Morgan fingerprint density at radius 1 is 0.563 bits per heavy atom. The number of hydrogen-bond donors (Lipinski definition) is 14. The molecule has 400 valence electrons. The fraction of sp³-hybridized carbons (Fsp3) is 0.667. The van der Waals surface area contributed by atoms with Gasteiger partial charge >= 0.3 is 0 Å². The molecule has 1 aromatic carbocycles. The zero-order chi connectivity index (χ0) is 54.0. The molecular weight excluding hydrogens is 917 g/mol. The fourth-order valence-electron chi connectivity index (χ4n) is 7.34. The SMILES string of the molecule is CC(=O)N[C@@H](CC(C)C)C(=O)N[C@@H](CC(C)C)C(=O)N[C@@H](CC(C)C)C(=O)N[C@@H](CO)C(=O)N[C@@H](CCCN=C(N)N)C(=O)N[C@H](C(=O)N[C@@H](CCCCN)C(=O)NCc1ccc(C(=N)N)cc1)C(C)C. The molecule has 23 heteroatoms. The summed E-state index contributed by atoms with van der Waals surface area (Å²) in [7, 11) is 0. The number of guanidine groups is 1. The Morgan fingerprint density at radius 2 is 0.986 bits per heavy atom. The molecule has 18 N–H and O–H groups in total. The average Bonchev–Trinajstić information content (AvgIpc) is 3.28. The molecule has 7 atom stereocenters. The van der Waals surface area contributed by atoms with E-state index in [0.717, 1.165) is 5.56 Å². The second-order valence-corrected chi connectivity index (χ2v) is 19.4. The van der Waals surface area contributed by atoms with Gasteiger partial charge in [0.2, 0.25) is 47.3 Å². The van der Waals surface area contributed by atoms with Gasteiger partial charge in [0.05, 0.1) is 6.61 Å². The van der Waals surface area contributed by atoms with Gasteiger partial charge in [-0.2, -0.15) is 0 Å². The van der Waals surface area contributed by atoms with Crippen molar-refractivity contribution >= 4 is 59.1 Å². The number of unbranched alkanes of at least 4 members (excludes halogenated alkanes) is 1. The second kappa shape index (κ2) is 32.5. The van der Waals surface area contributed by atoms with E-state index in [0.29, 0.717) is 31.4 Å². The summed E-state index contributed by atoms with van der Waals surface area (Å²) in [5.74, 6) is -6.40. The summed E-state index contributed by atoms with van der Waals surface area (Å²) >= 11 is 0. The summed E-state index contributed by atoms with van der Waals surface area (Å²) in [6.45, 7) is 15.4. The number of amidine groups is 1. The summed E-state index contributed by atoms with van der Waals surface area (Å²) in [6, 6.07) is -1.67. The molecule has 0 aliphatic heterocycles. The number of nitrogens with two attached hydrogens (primary N) is 4. The number of carbonyl (C=O) groups is 8. The van der Waals surface area contributed by atoms with Gasteiger partial charge in [0, 0.05) is 25.6 Å². The van der Waals surface area contributed by atoms with Gasteiger partial charge in [0.25, 0.3) is 0 Å². The Bertz CT molecular complexity index is 1940. The number of aliphatic imine (C=N–C) groups is 1. The number of nitrogen functional groups attached to an aromatic ring is 1. The minimum atomic E-state index is -1.62. The van der Waals surface area contributed by atoms with E-state index in [1.165, 1.54) is 6.92 Å². The topological polar surface area (TPSA) is 393 Å². The van der Waals surface area contributed by atoms with Crippen molar-refractivity contribution < 1.29 is 43.5 Å². The fourth-order valence-corrected chi connectivity index (χ4v) is 7.34. The minimum Gasteiger partial charge on any atom is -0.394 e. The highest BCUT2D eigenvalue weighted by atomic mass is 16.3. The zero-order valence-electron chi connectivity index (χ0n) is 43.1. The van der Waals surface area contributed by atoms with E-state index in [4.69, 9.17) is 28.3 Å². The average molecular weight is 1000 g/mol. The van der Waals surface area contributed by atoms with Crippen LogP contribution in [-0.4, -0.2) is 126 Å². The van der Waals surface area contributed by atoms with Crippen molar-refractivity contribution in [2.24, 2.45) is 51.6 Å². The number of carbonyl (C=O) groups excluding carboxylic acids is 8. The third-order valence-electron chi connectivity index (χ3n) is 11.0. The van der Waals surface area contributed by atoms with Crippen molar-refractivity contribution in [3.63, 3.8) is 0 Å². The van der Waals surface area contributed by atoms with E-state index in [1.807, 2.05) is 41.5 Å². The van der Waals surface area contributed by atoms with Gasteiger partial charge in [-0.25, -0.2) is 0 Å². The van der Waals surface area contributed by atoms with Gasteiger partial charge in [0.15, 0.2) is 5.96 Å². The van der Waals surface area contributed by atoms with Crippen LogP contribution >= 0.6 is 0 Å². The number of aliphatic hydroxyl groups excluding tert-OH is 1. The summed E-state index contributed by atoms with van der Waals surface area (Å²) in [4.78, 5) is 112. The number of nitrogens with zero attached hydrogens (tertiary/aromatic N) is 1. The van der Waals surface area contributed by atoms with Crippen LogP contribution < -0.4 is 65.5 Å². The van der Waals surface area contributed by atoms with Gasteiger partial charge in [0.1, 0.15) is 48.1 Å². The normalized spacial score (nSPS) is 14.2. The molecule has 0 saturated heterocycles. The van der Waals surface area contributed by atoms with Crippen molar-refractivity contribution in [2.45, 2.75) is 163 Å². The summed E-state index contributed by atoms with van der Waals surface area (Å²) < 4.78 is 0. The Labute approximate surface area is 418 Å². The van der Waals surface area contributed by atoms with Crippen LogP contribution in [0.15, 0.2) is 29.3 Å². The van der Waals surface area contributed by atoms with Gasteiger partial charge in [-0.1, -0.05) is 79.7 Å². The Kier molecular flexibility index (Phi) is 28.7. The maximum Gasteiger partial charge on any atom is 0.245 e. The molecule has 0 saturated carbocycles. The summed E-state index contributed by atoms with van der Waals surface area (Å²) in [5, 5.41) is 39.4. The smallest absolute Gasteiger partial charge is 0.245 e. The van der Waals surface area contributed by atoms with Crippen LogP contribution in [0.4, 0.5) is 0 Å². The molecule has 0 bridgehead atoms. The molecular formula is C48H84N14O9.